The number of benzene rings is 1. The number of aryl methyl sites for hydroxylation is 1. The topological polar surface area (TPSA) is 60.0 Å². The Kier molecular flexibility index (Phi) is 2.50. The fraction of sp³-hybridized carbons (Fsp3) is 0.100. The average Bonchev–Trinajstić information content (AvgIpc) is 2.55. The molecular weight excluding hydrogens is 258 g/mol. The quantitative estimate of drug-likeness (QED) is 0.468. The summed E-state index contributed by atoms with van der Waals surface area (Å²) in [5, 5.41) is 0.892. The summed E-state index contributed by atoms with van der Waals surface area (Å²) in [6, 6.07) is 5.75. The molecule has 0 aliphatic heterocycles. The highest BCUT2D eigenvalue weighted by molar-refractivity contribution is 9.10. The molecule has 0 radical (unpaired) electrons. The summed E-state index contributed by atoms with van der Waals surface area (Å²) in [6.45, 7) is 0. The maximum Gasteiger partial charge on any atom is 0.267 e. The number of hydrazine groups is 1. The molecule has 3 N–H and O–H groups in total. The first-order valence-corrected chi connectivity index (χ1v) is 5.18. The van der Waals surface area contributed by atoms with Crippen LogP contribution in [0.1, 0.15) is 10.4 Å². The van der Waals surface area contributed by atoms with E-state index in [4.69, 9.17) is 5.84 Å². The molecule has 1 aromatic carbocycles. The Labute approximate surface area is 95.2 Å². The fourth-order valence-corrected chi connectivity index (χ4v) is 1.96. The van der Waals surface area contributed by atoms with Gasteiger partial charge in [-0.2, -0.15) is 0 Å². The molecule has 2 rings (SSSR count). The van der Waals surface area contributed by atoms with E-state index in [1.165, 1.54) is 0 Å². The summed E-state index contributed by atoms with van der Waals surface area (Å²) in [7, 11) is 1.89. The van der Waals surface area contributed by atoms with Crippen LogP contribution in [-0.4, -0.2) is 10.5 Å². The molecule has 0 unspecified atom stereocenters. The van der Waals surface area contributed by atoms with Crippen molar-refractivity contribution in [3.05, 3.63) is 34.4 Å². The van der Waals surface area contributed by atoms with Crippen LogP contribution in [-0.2, 0) is 7.05 Å². The molecule has 0 saturated carbocycles. The third-order valence-corrected chi connectivity index (χ3v) is 2.82. The second-order valence-corrected chi connectivity index (χ2v) is 4.20. The first-order chi connectivity index (χ1) is 7.13. The molecular formula is C10H10BrN3O. The van der Waals surface area contributed by atoms with Gasteiger partial charge in [0.25, 0.3) is 5.91 Å². The molecule has 5 heteroatoms. The van der Waals surface area contributed by atoms with Crippen LogP contribution in [0.4, 0.5) is 0 Å². The summed E-state index contributed by atoms with van der Waals surface area (Å²) < 4.78 is 2.88. The van der Waals surface area contributed by atoms with Crippen molar-refractivity contribution in [2.24, 2.45) is 12.9 Å². The lowest BCUT2D eigenvalue weighted by molar-refractivity contribution is 0.0955. The molecule has 0 saturated heterocycles. The molecule has 1 heterocycles. The second-order valence-electron chi connectivity index (χ2n) is 3.29. The molecule has 2 aromatic rings. The van der Waals surface area contributed by atoms with Crippen LogP contribution in [0.25, 0.3) is 10.9 Å². The molecule has 78 valence electrons. The van der Waals surface area contributed by atoms with Crippen molar-refractivity contribution in [1.29, 1.82) is 0 Å². The minimum Gasteiger partial charge on any atom is -0.350 e. The Morgan fingerprint density at radius 3 is 2.93 bits per heavy atom. The van der Waals surface area contributed by atoms with Gasteiger partial charge in [-0.3, -0.25) is 10.2 Å². The van der Waals surface area contributed by atoms with E-state index >= 15 is 0 Å². The normalized spacial score (nSPS) is 10.6. The predicted molar refractivity (Wildman–Crippen MR) is 62.3 cm³/mol. The Morgan fingerprint density at radius 1 is 1.53 bits per heavy atom. The number of hydrogen-bond donors (Lipinski definition) is 2. The van der Waals surface area contributed by atoms with Crippen molar-refractivity contribution in [3.8, 4) is 0 Å². The first-order valence-electron chi connectivity index (χ1n) is 4.39. The SMILES string of the molecule is Cn1cc(C(=O)NN)c2ccc(Br)cc21. The Morgan fingerprint density at radius 2 is 2.27 bits per heavy atom. The standard InChI is InChI=1S/C10H10BrN3O/c1-14-5-8(10(15)13-12)7-3-2-6(11)4-9(7)14/h2-5H,12H2,1H3,(H,13,15). The Hall–Kier alpha value is -1.33. The second kappa shape index (κ2) is 3.67. The number of rotatable bonds is 1. The number of nitrogens with two attached hydrogens (primary N) is 1. The van der Waals surface area contributed by atoms with Crippen molar-refractivity contribution in [1.82, 2.24) is 9.99 Å². The minimum atomic E-state index is -0.275. The maximum absolute atomic E-state index is 11.5. The molecule has 0 atom stereocenters. The van der Waals surface area contributed by atoms with Crippen LogP contribution in [0.2, 0.25) is 0 Å². The van der Waals surface area contributed by atoms with Gasteiger partial charge < -0.3 is 4.57 Å². The number of halogens is 1. The van der Waals surface area contributed by atoms with Crippen molar-refractivity contribution in [2.75, 3.05) is 0 Å². The molecule has 0 spiro atoms. The van der Waals surface area contributed by atoms with E-state index in [2.05, 4.69) is 21.4 Å². The van der Waals surface area contributed by atoms with Crippen LogP contribution in [0.5, 0.6) is 0 Å². The van der Waals surface area contributed by atoms with Gasteiger partial charge in [0.1, 0.15) is 0 Å². The minimum absolute atomic E-state index is 0.275. The maximum atomic E-state index is 11.5. The summed E-state index contributed by atoms with van der Waals surface area (Å²) >= 11 is 3.39. The fourth-order valence-electron chi connectivity index (χ4n) is 1.62. The van der Waals surface area contributed by atoms with Crippen LogP contribution in [0.3, 0.4) is 0 Å². The van der Waals surface area contributed by atoms with Crippen molar-refractivity contribution in [3.63, 3.8) is 0 Å². The van der Waals surface area contributed by atoms with Crippen molar-refractivity contribution in [2.45, 2.75) is 0 Å². The van der Waals surface area contributed by atoms with Gasteiger partial charge in [0.2, 0.25) is 0 Å². The van der Waals surface area contributed by atoms with Gasteiger partial charge in [-0.05, 0) is 12.1 Å². The van der Waals surface area contributed by atoms with Gasteiger partial charge in [0.15, 0.2) is 0 Å². The zero-order valence-corrected chi connectivity index (χ0v) is 9.71. The summed E-state index contributed by atoms with van der Waals surface area (Å²) in [6.07, 6.45) is 1.76. The molecule has 4 nitrogen and oxygen atoms in total. The molecule has 15 heavy (non-hydrogen) atoms. The highest BCUT2D eigenvalue weighted by atomic mass is 79.9. The number of fused-ring (bicyclic) bond motifs is 1. The number of nitrogen functional groups attached to an aromatic ring is 1. The molecule has 1 aromatic heterocycles. The number of carbonyl (C=O) groups is 1. The van der Waals surface area contributed by atoms with Gasteiger partial charge in [-0.25, -0.2) is 5.84 Å². The highest BCUT2D eigenvalue weighted by Gasteiger charge is 2.12. The Bertz CT molecular complexity index is 533. The van der Waals surface area contributed by atoms with E-state index in [1.54, 1.807) is 6.20 Å². The summed E-state index contributed by atoms with van der Waals surface area (Å²) in [5.41, 5.74) is 3.71. The van der Waals surface area contributed by atoms with Crippen LogP contribution >= 0.6 is 15.9 Å². The number of aromatic nitrogens is 1. The monoisotopic (exact) mass is 267 g/mol. The largest absolute Gasteiger partial charge is 0.350 e. The van der Waals surface area contributed by atoms with Gasteiger partial charge >= 0.3 is 0 Å². The van der Waals surface area contributed by atoms with Crippen molar-refractivity contribution < 1.29 is 4.79 Å². The lowest BCUT2D eigenvalue weighted by atomic mass is 10.2. The predicted octanol–water partition coefficient (Wildman–Crippen LogP) is 1.54. The average molecular weight is 268 g/mol. The van der Waals surface area contributed by atoms with E-state index in [0.717, 1.165) is 15.4 Å². The number of hydrogen-bond acceptors (Lipinski definition) is 2. The van der Waals surface area contributed by atoms with Crippen molar-refractivity contribution >= 4 is 32.7 Å². The molecule has 0 bridgehead atoms. The number of carbonyl (C=O) groups excluding carboxylic acids is 1. The van der Waals surface area contributed by atoms with Gasteiger partial charge in [0.05, 0.1) is 5.56 Å². The smallest absolute Gasteiger partial charge is 0.267 e. The van der Waals surface area contributed by atoms with Crippen LogP contribution in [0, 0.1) is 0 Å². The summed E-state index contributed by atoms with van der Waals surface area (Å²) in [4.78, 5) is 11.5. The van der Waals surface area contributed by atoms with Crippen LogP contribution in [0.15, 0.2) is 28.9 Å². The number of amides is 1. The zero-order valence-electron chi connectivity index (χ0n) is 8.12. The molecule has 0 fully saturated rings. The van der Waals surface area contributed by atoms with Gasteiger partial charge in [-0.15, -0.1) is 0 Å². The summed E-state index contributed by atoms with van der Waals surface area (Å²) in [5.74, 6) is 4.84. The first kappa shape index (κ1) is 10.2. The van der Waals surface area contributed by atoms with Gasteiger partial charge in [-0.1, -0.05) is 22.0 Å². The third kappa shape index (κ3) is 1.64. The number of nitrogens with one attached hydrogen (secondary N) is 1. The molecule has 1 amide bonds. The molecule has 0 aliphatic rings. The number of nitrogens with zero attached hydrogens (tertiary/aromatic N) is 1. The molecule has 0 aliphatic carbocycles. The lowest BCUT2D eigenvalue weighted by Gasteiger charge is -1.97. The Balaban J connectivity index is 2.73. The lowest BCUT2D eigenvalue weighted by Crippen LogP contribution is -2.29. The van der Waals surface area contributed by atoms with E-state index in [1.807, 2.05) is 29.8 Å². The van der Waals surface area contributed by atoms with Crippen LogP contribution < -0.4 is 11.3 Å². The third-order valence-electron chi connectivity index (χ3n) is 2.33. The van der Waals surface area contributed by atoms with E-state index in [9.17, 15) is 4.79 Å². The highest BCUT2D eigenvalue weighted by Crippen LogP contribution is 2.24. The zero-order chi connectivity index (χ0) is 11.0. The van der Waals surface area contributed by atoms with E-state index in [-0.39, 0.29) is 5.91 Å². The van der Waals surface area contributed by atoms with E-state index < -0.39 is 0 Å². The van der Waals surface area contributed by atoms with Gasteiger partial charge in [0, 0.05) is 28.6 Å². The van der Waals surface area contributed by atoms with E-state index in [0.29, 0.717) is 5.56 Å².